The van der Waals surface area contributed by atoms with Crippen molar-refractivity contribution in [2.75, 3.05) is 0 Å². The molecule has 1 aromatic carbocycles. The van der Waals surface area contributed by atoms with Gasteiger partial charge in [-0.3, -0.25) is 4.79 Å². The minimum atomic E-state index is -3.77. The van der Waals surface area contributed by atoms with Gasteiger partial charge in [0, 0.05) is 0 Å². The van der Waals surface area contributed by atoms with Gasteiger partial charge in [-0.15, -0.1) is 16.4 Å². The fourth-order valence-corrected chi connectivity index (χ4v) is 3.52. The van der Waals surface area contributed by atoms with Gasteiger partial charge >= 0.3 is 5.76 Å². The summed E-state index contributed by atoms with van der Waals surface area (Å²) in [7, 11) is -3.77. The third kappa shape index (κ3) is 4.51. The first kappa shape index (κ1) is 19.0. The summed E-state index contributed by atoms with van der Waals surface area (Å²) >= 11 is 1.37. The summed E-state index contributed by atoms with van der Waals surface area (Å²) < 4.78 is 28.5. The second-order valence-corrected chi connectivity index (χ2v) is 8.22. The number of thiophene rings is 1. The van der Waals surface area contributed by atoms with Gasteiger partial charge in [-0.1, -0.05) is 18.2 Å². The molecule has 27 heavy (non-hydrogen) atoms. The highest BCUT2D eigenvalue weighted by atomic mass is 32.2. The number of aromatic nitrogens is 2. The number of nitrogens with two attached hydrogens (primary N) is 1. The molecular formula is C16H16N4O5S2. The number of nitrogens with one attached hydrogen (secondary N) is 1. The van der Waals surface area contributed by atoms with Gasteiger partial charge in [-0.05, 0) is 36.1 Å². The van der Waals surface area contributed by atoms with Crippen LogP contribution in [0.4, 0.5) is 0 Å². The number of rotatable bonds is 6. The quantitative estimate of drug-likeness (QED) is 0.626. The number of primary sulfonamides is 1. The maximum absolute atomic E-state index is 12.2. The number of nitrogens with zero attached hydrogens (tertiary/aromatic N) is 2. The topological polar surface area (TPSA) is 137 Å². The first-order chi connectivity index (χ1) is 12.7. The van der Waals surface area contributed by atoms with E-state index in [1.807, 2.05) is 5.38 Å². The van der Waals surface area contributed by atoms with Crippen LogP contribution < -0.4 is 16.2 Å². The van der Waals surface area contributed by atoms with Crippen molar-refractivity contribution in [1.29, 1.82) is 0 Å². The Morgan fingerprint density at radius 2 is 2.04 bits per heavy atom. The predicted octanol–water partition coefficient (Wildman–Crippen LogP) is 1.09. The van der Waals surface area contributed by atoms with Crippen molar-refractivity contribution in [2.24, 2.45) is 5.14 Å². The average molecular weight is 408 g/mol. The van der Waals surface area contributed by atoms with E-state index in [9.17, 15) is 18.0 Å². The van der Waals surface area contributed by atoms with Gasteiger partial charge < -0.3 is 9.73 Å². The number of carbonyl (C=O) groups is 1. The minimum absolute atomic E-state index is 0.0139. The number of sulfonamides is 1. The Morgan fingerprint density at radius 3 is 2.63 bits per heavy atom. The summed E-state index contributed by atoms with van der Waals surface area (Å²) in [5, 5.41) is 13.6. The summed E-state index contributed by atoms with van der Waals surface area (Å²) in [6.07, 6.45) is 0. The normalized spacial score (nSPS) is 12.7. The van der Waals surface area contributed by atoms with Gasteiger partial charge in [0.1, 0.15) is 6.54 Å². The fourth-order valence-electron chi connectivity index (χ4n) is 2.36. The molecule has 9 nitrogen and oxygen atoms in total. The van der Waals surface area contributed by atoms with Crippen LogP contribution in [0.5, 0.6) is 0 Å². The van der Waals surface area contributed by atoms with Crippen LogP contribution >= 0.6 is 11.3 Å². The van der Waals surface area contributed by atoms with Crippen LogP contribution in [0.2, 0.25) is 0 Å². The van der Waals surface area contributed by atoms with Crippen LogP contribution in [0, 0.1) is 0 Å². The minimum Gasteiger partial charge on any atom is -0.387 e. The maximum atomic E-state index is 12.2. The standard InChI is InChI=1S/C16H16N4O5S2/c1-10(11-4-6-12(7-5-11)27(17,23)24)18-14(21)9-20-16(22)25-15(19-20)13-3-2-8-26-13/h2-8,10H,9H2,1H3,(H,18,21)(H2,17,23,24)/t10-/m1/s1. The molecule has 0 saturated heterocycles. The number of carbonyl (C=O) groups excluding carboxylic acids is 1. The van der Waals surface area contributed by atoms with Crippen molar-refractivity contribution in [2.45, 2.75) is 24.4 Å². The molecule has 3 N–H and O–H groups in total. The van der Waals surface area contributed by atoms with Gasteiger partial charge in [-0.25, -0.2) is 18.4 Å². The lowest BCUT2D eigenvalue weighted by Crippen LogP contribution is -2.33. The first-order valence-electron chi connectivity index (χ1n) is 7.78. The summed E-state index contributed by atoms with van der Waals surface area (Å²) in [6.45, 7) is 1.43. The molecule has 1 atom stereocenters. The van der Waals surface area contributed by atoms with E-state index >= 15 is 0 Å². The van der Waals surface area contributed by atoms with Gasteiger partial charge in [-0.2, -0.15) is 4.68 Å². The molecule has 142 valence electrons. The Morgan fingerprint density at radius 1 is 1.33 bits per heavy atom. The van der Waals surface area contributed by atoms with Crippen molar-refractivity contribution in [3.8, 4) is 10.8 Å². The zero-order valence-corrected chi connectivity index (χ0v) is 15.8. The lowest BCUT2D eigenvalue weighted by molar-refractivity contribution is -0.122. The zero-order chi connectivity index (χ0) is 19.6. The molecule has 0 aliphatic carbocycles. The molecule has 0 spiro atoms. The molecule has 0 aliphatic heterocycles. The average Bonchev–Trinajstić information content (AvgIpc) is 3.24. The molecule has 2 heterocycles. The van der Waals surface area contributed by atoms with Crippen molar-refractivity contribution in [3.05, 3.63) is 57.9 Å². The zero-order valence-electron chi connectivity index (χ0n) is 14.2. The second-order valence-electron chi connectivity index (χ2n) is 5.71. The Hall–Kier alpha value is -2.76. The van der Waals surface area contributed by atoms with Crippen LogP contribution in [0.15, 0.2) is 55.9 Å². The van der Waals surface area contributed by atoms with Gasteiger partial charge in [0.2, 0.25) is 15.9 Å². The molecule has 0 fully saturated rings. The smallest absolute Gasteiger partial charge is 0.387 e. The lowest BCUT2D eigenvalue weighted by Gasteiger charge is -2.14. The van der Waals surface area contributed by atoms with Crippen molar-refractivity contribution in [1.82, 2.24) is 15.1 Å². The van der Waals surface area contributed by atoms with Gasteiger partial charge in [0.25, 0.3) is 5.89 Å². The van der Waals surface area contributed by atoms with E-state index in [0.717, 1.165) is 4.68 Å². The maximum Gasteiger partial charge on any atom is 0.437 e. The summed E-state index contributed by atoms with van der Waals surface area (Å²) in [5.41, 5.74) is 0.683. The van der Waals surface area contributed by atoms with Gasteiger partial charge in [0.15, 0.2) is 0 Å². The summed E-state index contributed by atoms with van der Waals surface area (Å²) in [5.74, 6) is -1.00. The number of hydrogen-bond donors (Lipinski definition) is 2. The Bertz CT molecular complexity index is 1100. The van der Waals surface area contributed by atoms with Crippen molar-refractivity contribution in [3.63, 3.8) is 0 Å². The number of benzene rings is 1. The fraction of sp³-hybridized carbons (Fsp3) is 0.188. The highest BCUT2D eigenvalue weighted by molar-refractivity contribution is 7.89. The summed E-state index contributed by atoms with van der Waals surface area (Å²) in [6, 6.07) is 8.99. The van der Waals surface area contributed by atoms with E-state index in [-0.39, 0.29) is 17.3 Å². The monoisotopic (exact) mass is 408 g/mol. The van der Waals surface area contributed by atoms with E-state index in [1.54, 1.807) is 31.2 Å². The number of amides is 1. The third-order valence-corrected chi connectivity index (χ3v) is 5.50. The SMILES string of the molecule is C[C@@H](NC(=O)Cn1nc(-c2cccs2)oc1=O)c1ccc(S(N)(=O)=O)cc1. The Balaban J connectivity index is 1.66. The van der Waals surface area contributed by atoms with E-state index in [1.165, 1.54) is 23.5 Å². The van der Waals surface area contributed by atoms with Crippen molar-refractivity contribution < 1.29 is 17.6 Å². The van der Waals surface area contributed by atoms with Crippen LogP contribution in [0.25, 0.3) is 10.8 Å². The molecule has 0 bridgehead atoms. The van der Waals surface area contributed by atoms with Crippen molar-refractivity contribution >= 4 is 27.3 Å². The van der Waals surface area contributed by atoms with Gasteiger partial charge in [0.05, 0.1) is 15.8 Å². The molecular weight excluding hydrogens is 392 g/mol. The highest BCUT2D eigenvalue weighted by Crippen LogP contribution is 2.21. The summed E-state index contributed by atoms with van der Waals surface area (Å²) in [4.78, 5) is 24.7. The Kier molecular flexibility index (Phi) is 5.26. The van der Waals surface area contributed by atoms with Crippen LogP contribution in [0.3, 0.4) is 0 Å². The molecule has 0 saturated carbocycles. The molecule has 3 aromatic rings. The van der Waals surface area contributed by atoms with Crippen LogP contribution in [0.1, 0.15) is 18.5 Å². The van der Waals surface area contributed by atoms with Crippen LogP contribution in [-0.2, 0) is 21.4 Å². The first-order valence-corrected chi connectivity index (χ1v) is 10.2. The third-order valence-electron chi connectivity index (χ3n) is 3.72. The molecule has 1 amide bonds. The predicted molar refractivity (Wildman–Crippen MR) is 98.4 cm³/mol. The molecule has 11 heteroatoms. The molecule has 0 radical (unpaired) electrons. The van der Waals surface area contributed by atoms with E-state index in [0.29, 0.717) is 10.4 Å². The molecule has 0 aliphatic rings. The molecule has 2 aromatic heterocycles. The van der Waals surface area contributed by atoms with E-state index in [4.69, 9.17) is 9.56 Å². The second kappa shape index (κ2) is 7.47. The highest BCUT2D eigenvalue weighted by Gasteiger charge is 2.16. The van der Waals surface area contributed by atoms with E-state index < -0.39 is 27.7 Å². The number of hydrogen-bond acceptors (Lipinski definition) is 7. The van der Waals surface area contributed by atoms with E-state index in [2.05, 4.69) is 10.4 Å². The molecule has 3 rings (SSSR count). The van der Waals surface area contributed by atoms with Crippen LogP contribution in [-0.4, -0.2) is 24.1 Å². The lowest BCUT2D eigenvalue weighted by atomic mass is 10.1. The largest absolute Gasteiger partial charge is 0.437 e. The Labute approximate surface area is 158 Å². The molecule has 0 unspecified atom stereocenters.